The molecule has 8 nitrogen and oxygen atoms in total. The zero-order valence-corrected chi connectivity index (χ0v) is 17.6. The van der Waals surface area contributed by atoms with E-state index < -0.39 is 6.41 Å². The Hall–Kier alpha value is -2.76. The van der Waals surface area contributed by atoms with Crippen LogP contribution < -0.4 is 0 Å². The fourth-order valence-electron chi connectivity index (χ4n) is 4.42. The highest BCUT2D eigenvalue weighted by Gasteiger charge is 2.27. The van der Waals surface area contributed by atoms with Crippen molar-refractivity contribution in [1.82, 2.24) is 24.3 Å². The Labute approximate surface area is 176 Å². The first-order valence-corrected chi connectivity index (χ1v) is 10.7. The van der Waals surface area contributed by atoms with Crippen molar-refractivity contribution in [2.75, 3.05) is 13.2 Å². The number of nitrogens with zero attached hydrogens (tertiary/aromatic N) is 6. The van der Waals surface area contributed by atoms with Crippen molar-refractivity contribution in [3.05, 3.63) is 31.0 Å². The molecule has 0 radical (unpaired) electrons. The highest BCUT2D eigenvalue weighted by atomic mass is 16.7. The van der Waals surface area contributed by atoms with Crippen LogP contribution in [0.4, 0.5) is 0 Å². The molecule has 30 heavy (non-hydrogen) atoms. The van der Waals surface area contributed by atoms with E-state index in [1.807, 2.05) is 47.8 Å². The van der Waals surface area contributed by atoms with Crippen molar-refractivity contribution in [1.29, 1.82) is 5.26 Å². The van der Waals surface area contributed by atoms with Gasteiger partial charge in [0.15, 0.2) is 0 Å². The molecule has 1 aliphatic carbocycles. The molecule has 0 N–H and O–H groups in total. The second-order valence-corrected chi connectivity index (χ2v) is 7.58. The van der Waals surface area contributed by atoms with Crippen LogP contribution in [0.1, 0.15) is 58.4 Å². The molecule has 158 valence electrons. The van der Waals surface area contributed by atoms with Gasteiger partial charge in [-0.05, 0) is 38.7 Å². The summed E-state index contributed by atoms with van der Waals surface area (Å²) in [6, 6.07) is 4.45. The van der Waals surface area contributed by atoms with E-state index in [1.165, 1.54) is 25.7 Å². The molecule has 0 aromatic carbocycles. The van der Waals surface area contributed by atoms with Crippen molar-refractivity contribution in [2.45, 2.75) is 58.4 Å². The number of fused-ring (bicyclic) bond motifs is 1. The Kier molecular flexibility index (Phi) is 6.41. The average molecular weight is 409 g/mol. The first-order chi connectivity index (χ1) is 14.8. The molecule has 1 aliphatic rings. The molecule has 0 aliphatic heterocycles. The SMILES string of the molecule is CCOC(OCC)n1ccc2c(-c3cnn(C(CC#N)C4CCCC4)c3)ncnc21. The standard InChI is InChI=1S/C22H28N6O2/c1-3-29-22(30-4-2)27-12-10-18-20(24-15-25-21(18)27)17-13-26-28(14-17)19(9-11-23)16-7-5-6-8-16/h10,12-16,19,22H,3-9H2,1-2H3. The summed E-state index contributed by atoms with van der Waals surface area (Å²) < 4.78 is 15.3. The van der Waals surface area contributed by atoms with E-state index in [0.29, 0.717) is 25.6 Å². The van der Waals surface area contributed by atoms with E-state index in [2.05, 4.69) is 21.1 Å². The second kappa shape index (κ2) is 9.37. The minimum Gasteiger partial charge on any atom is -0.335 e. The fraction of sp³-hybridized carbons (Fsp3) is 0.545. The lowest BCUT2D eigenvalue weighted by molar-refractivity contribution is -0.183. The topological polar surface area (TPSA) is 90.8 Å². The summed E-state index contributed by atoms with van der Waals surface area (Å²) in [6.07, 6.45) is 12.1. The zero-order chi connectivity index (χ0) is 20.9. The molecule has 0 spiro atoms. The minimum atomic E-state index is -0.523. The van der Waals surface area contributed by atoms with Crippen LogP contribution >= 0.6 is 0 Å². The zero-order valence-electron chi connectivity index (χ0n) is 17.6. The average Bonchev–Trinajstić information content (AvgIpc) is 3.52. The van der Waals surface area contributed by atoms with Crippen LogP contribution in [0.3, 0.4) is 0 Å². The van der Waals surface area contributed by atoms with Gasteiger partial charge >= 0.3 is 0 Å². The van der Waals surface area contributed by atoms with Gasteiger partial charge in [-0.3, -0.25) is 9.25 Å². The Morgan fingerprint density at radius 1 is 1.20 bits per heavy atom. The Morgan fingerprint density at radius 2 is 1.97 bits per heavy atom. The molecule has 0 saturated heterocycles. The van der Waals surface area contributed by atoms with Crippen molar-refractivity contribution in [3.8, 4) is 17.3 Å². The van der Waals surface area contributed by atoms with E-state index in [-0.39, 0.29) is 6.04 Å². The van der Waals surface area contributed by atoms with Crippen LogP contribution in [-0.4, -0.2) is 37.5 Å². The normalized spacial score (nSPS) is 15.8. The maximum absolute atomic E-state index is 9.33. The van der Waals surface area contributed by atoms with Gasteiger partial charge in [0.1, 0.15) is 12.0 Å². The van der Waals surface area contributed by atoms with Gasteiger partial charge in [-0.2, -0.15) is 10.4 Å². The number of nitriles is 1. The monoisotopic (exact) mass is 408 g/mol. The third-order valence-electron chi connectivity index (χ3n) is 5.81. The van der Waals surface area contributed by atoms with Gasteiger partial charge in [0.05, 0.1) is 30.4 Å². The number of rotatable bonds is 9. The van der Waals surface area contributed by atoms with Gasteiger partial charge in [0.2, 0.25) is 6.41 Å². The molecular weight excluding hydrogens is 380 g/mol. The van der Waals surface area contributed by atoms with Gasteiger partial charge in [0.25, 0.3) is 0 Å². The van der Waals surface area contributed by atoms with E-state index in [9.17, 15) is 5.26 Å². The van der Waals surface area contributed by atoms with Gasteiger partial charge < -0.3 is 9.47 Å². The minimum absolute atomic E-state index is 0.119. The molecule has 8 heteroatoms. The number of ether oxygens (including phenoxy) is 2. The van der Waals surface area contributed by atoms with E-state index in [1.54, 1.807) is 6.33 Å². The predicted octanol–water partition coefficient (Wildman–Crippen LogP) is 4.47. The Bertz CT molecular complexity index is 1010. The highest BCUT2D eigenvalue weighted by molar-refractivity contribution is 5.90. The Morgan fingerprint density at radius 3 is 2.67 bits per heavy atom. The number of hydrogen-bond donors (Lipinski definition) is 0. The summed E-state index contributed by atoms with van der Waals surface area (Å²) >= 11 is 0. The molecule has 1 unspecified atom stereocenters. The summed E-state index contributed by atoms with van der Waals surface area (Å²) in [7, 11) is 0. The van der Waals surface area contributed by atoms with Crippen molar-refractivity contribution in [3.63, 3.8) is 0 Å². The molecule has 1 saturated carbocycles. The smallest absolute Gasteiger partial charge is 0.245 e. The maximum Gasteiger partial charge on any atom is 0.245 e. The van der Waals surface area contributed by atoms with Crippen LogP contribution in [0.2, 0.25) is 0 Å². The maximum atomic E-state index is 9.33. The van der Waals surface area contributed by atoms with Crippen molar-refractivity contribution in [2.24, 2.45) is 5.92 Å². The molecular formula is C22H28N6O2. The third-order valence-corrected chi connectivity index (χ3v) is 5.81. The van der Waals surface area contributed by atoms with Gasteiger partial charge in [0, 0.05) is 36.6 Å². The molecule has 4 rings (SSSR count). The van der Waals surface area contributed by atoms with Gasteiger partial charge in [-0.15, -0.1) is 0 Å². The highest BCUT2D eigenvalue weighted by Crippen LogP contribution is 2.37. The first-order valence-electron chi connectivity index (χ1n) is 10.7. The van der Waals surface area contributed by atoms with Crippen LogP contribution in [0.25, 0.3) is 22.3 Å². The van der Waals surface area contributed by atoms with Crippen LogP contribution in [0, 0.1) is 17.2 Å². The molecule has 3 aromatic heterocycles. The fourth-order valence-corrected chi connectivity index (χ4v) is 4.42. The molecule has 3 aromatic rings. The lowest BCUT2D eigenvalue weighted by atomic mass is 9.96. The predicted molar refractivity (Wildman–Crippen MR) is 112 cm³/mol. The number of hydrogen-bond acceptors (Lipinski definition) is 6. The largest absolute Gasteiger partial charge is 0.335 e. The van der Waals surface area contributed by atoms with Crippen LogP contribution in [-0.2, 0) is 9.47 Å². The second-order valence-electron chi connectivity index (χ2n) is 7.58. The van der Waals surface area contributed by atoms with Crippen LogP contribution in [0.5, 0.6) is 0 Å². The van der Waals surface area contributed by atoms with Crippen molar-refractivity contribution >= 4 is 11.0 Å². The van der Waals surface area contributed by atoms with Gasteiger partial charge in [-0.25, -0.2) is 9.97 Å². The first kappa shape index (κ1) is 20.5. The molecule has 0 amide bonds. The molecule has 0 bridgehead atoms. The molecule has 3 heterocycles. The summed E-state index contributed by atoms with van der Waals surface area (Å²) in [5.41, 5.74) is 2.49. The van der Waals surface area contributed by atoms with Gasteiger partial charge in [-0.1, -0.05) is 12.8 Å². The van der Waals surface area contributed by atoms with E-state index in [4.69, 9.17) is 9.47 Å². The summed E-state index contributed by atoms with van der Waals surface area (Å²) in [5.74, 6) is 0.516. The number of aromatic nitrogens is 5. The third kappa shape index (κ3) is 3.95. The van der Waals surface area contributed by atoms with Crippen LogP contribution in [0.15, 0.2) is 31.0 Å². The van der Waals surface area contributed by atoms with E-state index in [0.717, 1.165) is 22.3 Å². The molecule has 1 fully saturated rings. The summed E-state index contributed by atoms with van der Waals surface area (Å²) in [5, 5.41) is 14.9. The Balaban J connectivity index is 1.68. The molecule has 1 atom stereocenters. The lowest BCUT2D eigenvalue weighted by Crippen LogP contribution is -2.17. The van der Waals surface area contributed by atoms with E-state index >= 15 is 0 Å². The lowest BCUT2D eigenvalue weighted by Gasteiger charge is -2.21. The quantitative estimate of drug-likeness (QED) is 0.485. The van der Waals surface area contributed by atoms with Crippen molar-refractivity contribution < 1.29 is 9.47 Å². The summed E-state index contributed by atoms with van der Waals surface area (Å²) in [4.78, 5) is 9.00. The summed E-state index contributed by atoms with van der Waals surface area (Å²) in [6.45, 7) is 4.95.